The molecule has 10 unspecified atom stereocenters. The van der Waals surface area contributed by atoms with Gasteiger partial charge in [-0.2, -0.15) is 0 Å². The number of carbonyl (C=O) groups excluding carboxylic acids is 1. The van der Waals surface area contributed by atoms with E-state index in [1.807, 2.05) is 18.2 Å². The van der Waals surface area contributed by atoms with Crippen molar-refractivity contribution in [3.63, 3.8) is 0 Å². The maximum absolute atomic E-state index is 12.1. The molecule has 2 fully saturated rings. The zero-order valence-corrected chi connectivity index (χ0v) is 19.0. The number of fused-ring (bicyclic) bond motifs is 1. The summed E-state index contributed by atoms with van der Waals surface area (Å²) >= 11 is 0. The second-order valence-corrected chi connectivity index (χ2v) is 9.27. The number of aliphatic hydroxyl groups is 6. The summed E-state index contributed by atoms with van der Waals surface area (Å²) < 4.78 is 21.7. The normalized spacial score (nSPS) is 43.1. The summed E-state index contributed by atoms with van der Waals surface area (Å²) in [5.74, 6) is -1.88. The minimum absolute atomic E-state index is 0.160. The van der Waals surface area contributed by atoms with Gasteiger partial charge in [0.1, 0.15) is 36.6 Å². The summed E-state index contributed by atoms with van der Waals surface area (Å²) in [4.78, 5) is 12.1. The Morgan fingerprint density at radius 2 is 1.80 bits per heavy atom. The van der Waals surface area contributed by atoms with E-state index in [0.29, 0.717) is 0 Å². The molecule has 11 nitrogen and oxygen atoms in total. The van der Waals surface area contributed by atoms with E-state index in [0.717, 1.165) is 11.8 Å². The van der Waals surface area contributed by atoms with Gasteiger partial charge in [-0.15, -0.1) is 0 Å². The molecule has 0 bridgehead atoms. The number of esters is 1. The van der Waals surface area contributed by atoms with Crippen LogP contribution in [0.4, 0.5) is 0 Å². The third-order valence-electron chi connectivity index (χ3n) is 6.67. The average molecular weight is 494 g/mol. The molecule has 0 radical (unpaired) electrons. The Balaban J connectivity index is 1.41. The number of hydrogen-bond donors (Lipinski definition) is 6. The van der Waals surface area contributed by atoms with E-state index < -0.39 is 72.8 Å². The molecule has 2 heterocycles. The van der Waals surface area contributed by atoms with E-state index in [9.17, 15) is 35.4 Å². The van der Waals surface area contributed by atoms with Crippen molar-refractivity contribution in [2.45, 2.75) is 67.6 Å². The smallest absolute Gasteiger partial charge is 0.330 e. The Hall–Kier alpha value is -2.35. The molecule has 35 heavy (non-hydrogen) atoms. The average Bonchev–Trinajstić information content (AvgIpc) is 3.01. The van der Waals surface area contributed by atoms with Crippen molar-refractivity contribution in [3.05, 3.63) is 54.3 Å². The fourth-order valence-electron chi connectivity index (χ4n) is 4.77. The monoisotopic (exact) mass is 494 g/mol. The molecule has 0 aromatic heterocycles. The van der Waals surface area contributed by atoms with Crippen LogP contribution in [-0.4, -0.2) is 97.5 Å². The van der Waals surface area contributed by atoms with Crippen LogP contribution >= 0.6 is 0 Å². The first kappa shape index (κ1) is 25.7. The molecular formula is C24H30O11. The third-order valence-corrected chi connectivity index (χ3v) is 6.67. The first-order valence-electron chi connectivity index (χ1n) is 11.2. The predicted molar refractivity (Wildman–Crippen MR) is 118 cm³/mol. The van der Waals surface area contributed by atoms with E-state index in [1.165, 1.54) is 19.1 Å². The largest absolute Gasteiger partial charge is 0.472 e. The SMILES string of the molecule is CC1(O)CC(O)C2(O)C=COC(OC3OC(COC(=O)/C=C/c4ccccc4)C(O)C(O)C3O)C12. The lowest BCUT2D eigenvalue weighted by Gasteiger charge is -2.45. The van der Waals surface area contributed by atoms with Gasteiger partial charge in [0.25, 0.3) is 0 Å². The fraction of sp³-hybridized carbons (Fsp3) is 0.542. The summed E-state index contributed by atoms with van der Waals surface area (Å²) in [7, 11) is 0. The first-order valence-corrected chi connectivity index (χ1v) is 11.2. The predicted octanol–water partition coefficient (Wildman–Crippen LogP) is -1.20. The highest BCUT2D eigenvalue weighted by Crippen LogP contribution is 2.49. The van der Waals surface area contributed by atoms with Crippen LogP contribution in [0.5, 0.6) is 0 Å². The van der Waals surface area contributed by atoms with Crippen LogP contribution in [0.3, 0.4) is 0 Å². The second-order valence-electron chi connectivity index (χ2n) is 9.27. The third kappa shape index (κ3) is 5.13. The quantitative estimate of drug-likeness (QED) is 0.207. The summed E-state index contributed by atoms with van der Waals surface area (Å²) in [5, 5.41) is 62.9. The molecule has 1 aliphatic carbocycles. The zero-order chi connectivity index (χ0) is 25.4. The highest BCUT2D eigenvalue weighted by Gasteiger charge is 2.64. The highest BCUT2D eigenvalue weighted by molar-refractivity contribution is 5.87. The van der Waals surface area contributed by atoms with Gasteiger partial charge < -0.3 is 49.6 Å². The topological polar surface area (TPSA) is 175 Å². The van der Waals surface area contributed by atoms with Crippen molar-refractivity contribution in [2.24, 2.45) is 5.92 Å². The van der Waals surface area contributed by atoms with Crippen LogP contribution in [0.2, 0.25) is 0 Å². The molecule has 1 aromatic carbocycles. The molecule has 4 rings (SSSR count). The maximum Gasteiger partial charge on any atom is 0.330 e. The van der Waals surface area contributed by atoms with E-state index in [2.05, 4.69) is 0 Å². The molecule has 1 aromatic rings. The Labute approximate surface area is 201 Å². The molecule has 192 valence electrons. The lowest BCUT2D eigenvalue weighted by atomic mass is 9.81. The van der Waals surface area contributed by atoms with Crippen LogP contribution in [0, 0.1) is 5.92 Å². The number of hydrogen-bond acceptors (Lipinski definition) is 11. The summed E-state index contributed by atoms with van der Waals surface area (Å²) in [6, 6.07) is 9.04. The van der Waals surface area contributed by atoms with Crippen molar-refractivity contribution >= 4 is 12.0 Å². The first-order chi connectivity index (χ1) is 16.5. The molecule has 0 amide bonds. The highest BCUT2D eigenvalue weighted by atomic mass is 16.8. The molecule has 0 spiro atoms. The van der Waals surface area contributed by atoms with Gasteiger partial charge in [-0.05, 0) is 24.6 Å². The minimum Gasteiger partial charge on any atom is -0.472 e. The van der Waals surface area contributed by atoms with Crippen molar-refractivity contribution in [3.8, 4) is 0 Å². The van der Waals surface area contributed by atoms with Gasteiger partial charge in [-0.3, -0.25) is 0 Å². The lowest BCUT2D eigenvalue weighted by molar-refractivity contribution is -0.351. The molecule has 10 atom stereocenters. The Morgan fingerprint density at radius 3 is 2.51 bits per heavy atom. The molecule has 2 aliphatic heterocycles. The number of rotatable bonds is 6. The van der Waals surface area contributed by atoms with E-state index >= 15 is 0 Å². The van der Waals surface area contributed by atoms with Gasteiger partial charge in [-0.25, -0.2) is 4.79 Å². The van der Waals surface area contributed by atoms with E-state index in [4.69, 9.17) is 18.9 Å². The van der Waals surface area contributed by atoms with Crippen LogP contribution < -0.4 is 0 Å². The van der Waals surface area contributed by atoms with Crippen molar-refractivity contribution in [1.82, 2.24) is 0 Å². The zero-order valence-electron chi connectivity index (χ0n) is 19.0. The molecular weight excluding hydrogens is 464 g/mol. The van der Waals surface area contributed by atoms with Crippen molar-refractivity contribution < 1.29 is 54.4 Å². The molecule has 3 aliphatic rings. The van der Waals surface area contributed by atoms with Crippen LogP contribution in [0.1, 0.15) is 18.9 Å². The van der Waals surface area contributed by atoms with Gasteiger partial charge >= 0.3 is 5.97 Å². The second kappa shape index (κ2) is 9.96. The number of benzene rings is 1. The van der Waals surface area contributed by atoms with E-state index in [1.54, 1.807) is 18.2 Å². The van der Waals surface area contributed by atoms with Gasteiger partial charge in [0.05, 0.1) is 23.9 Å². The molecule has 1 saturated heterocycles. The Morgan fingerprint density at radius 1 is 1.09 bits per heavy atom. The number of aliphatic hydroxyl groups excluding tert-OH is 4. The summed E-state index contributed by atoms with van der Waals surface area (Å²) in [6.07, 6.45) is -5.67. The van der Waals surface area contributed by atoms with Crippen molar-refractivity contribution in [2.75, 3.05) is 6.61 Å². The van der Waals surface area contributed by atoms with Gasteiger partial charge in [0.2, 0.25) is 6.29 Å². The minimum atomic E-state index is -1.86. The van der Waals surface area contributed by atoms with Crippen molar-refractivity contribution in [1.29, 1.82) is 0 Å². The fourth-order valence-corrected chi connectivity index (χ4v) is 4.77. The summed E-state index contributed by atoms with van der Waals surface area (Å²) in [5.41, 5.74) is -2.68. The standard InChI is InChI=1S/C24H30O11/c1-23(30)11-15(25)24(31)9-10-32-22(20(23)24)35-21-19(29)18(28)17(27)14(34-21)12-33-16(26)8-7-13-5-3-2-4-6-13/h2-10,14-15,17-22,25,27-31H,11-12H2,1H3/b8-7+. The van der Waals surface area contributed by atoms with Crippen LogP contribution in [-0.2, 0) is 23.7 Å². The van der Waals surface area contributed by atoms with Crippen LogP contribution in [0.15, 0.2) is 48.7 Å². The number of ether oxygens (including phenoxy) is 4. The van der Waals surface area contributed by atoms with Gasteiger partial charge in [0, 0.05) is 12.5 Å². The Kier molecular flexibility index (Phi) is 7.32. The Bertz CT molecular complexity index is 948. The van der Waals surface area contributed by atoms with Gasteiger partial charge in [0.15, 0.2) is 6.29 Å². The lowest BCUT2D eigenvalue weighted by Crippen LogP contribution is -2.62. The molecule has 6 N–H and O–H groups in total. The van der Waals surface area contributed by atoms with Gasteiger partial charge in [-0.1, -0.05) is 30.3 Å². The maximum atomic E-state index is 12.1. The van der Waals surface area contributed by atoms with E-state index in [-0.39, 0.29) is 6.42 Å². The molecule has 1 saturated carbocycles. The number of carbonyl (C=O) groups is 1. The molecule has 11 heteroatoms. The summed E-state index contributed by atoms with van der Waals surface area (Å²) in [6.45, 7) is 0.942. The van der Waals surface area contributed by atoms with Crippen LogP contribution in [0.25, 0.3) is 6.08 Å².